The fourth-order valence-corrected chi connectivity index (χ4v) is 6.91. The Balaban J connectivity index is 1.04. The maximum Gasteiger partial charge on any atom is 0.328 e. The van der Waals surface area contributed by atoms with Crippen molar-refractivity contribution in [2.24, 2.45) is 14.1 Å². The molecular weight excluding hydrogens is 667 g/mol. The average Bonchev–Trinajstić information content (AvgIpc) is 3.38. The molecule has 1 aliphatic heterocycles. The van der Waals surface area contributed by atoms with Crippen LogP contribution in [0.3, 0.4) is 0 Å². The highest BCUT2D eigenvalue weighted by Crippen LogP contribution is 2.35. The molecule has 11 heteroatoms. The van der Waals surface area contributed by atoms with Gasteiger partial charge in [0.1, 0.15) is 5.69 Å². The van der Waals surface area contributed by atoms with Gasteiger partial charge < -0.3 is 10.2 Å². The van der Waals surface area contributed by atoms with Crippen LogP contribution in [0.5, 0.6) is 0 Å². The molecule has 0 spiro atoms. The van der Waals surface area contributed by atoms with Gasteiger partial charge >= 0.3 is 11.7 Å². The summed E-state index contributed by atoms with van der Waals surface area (Å²) in [6, 6.07) is 22.9. The Morgan fingerprint density at radius 3 is 2.47 bits per heavy atom. The van der Waals surface area contributed by atoms with Crippen LogP contribution in [0, 0.1) is 11.8 Å². The number of carbonyl (C=O) groups is 3. The number of benzene rings is 3. The van der Waals surface area contributed by atoms with Gasteiger partial charge in [0.05, 0.1) is 29.3 Å². The third kappa shape index (κ3) is 6.79. The van der Waals surface area contributed by atoms with E-state index >= 15 is 0 Å². The largest absolute Gasteiger partial charge is 0.340 e. The Morgan fingerprint density at radius 2 is 1.72 bits per heavy atom. The summed E-state index contributed by atoms with van der Waals surface area (Å²) in [7, 11) is 3.63. The molecule has 4 amide bonds. The molecule has 1 aliphatic rings. The van der Waals surface area contributed by atoms with Gasteiger partial charge in [0.2, 0.25) is 5.91 Å². The molecule has 0 aliphatic carbocycles. The zero-order chi connectivity index (χ0) is 37.4. The van der Waals surface area contributed by atoms with Gasteiger partial charge in [-0.2, -0.15) is 0 Å². The van der Waals surface area contributed by atoms with Crippen LogP contribution in [0.25, 0.3) is 44.2 Å². The van der Waals surface area contributed by atoms with Crippen LogP contribution in [-0.2, 0) is 18.9 Å². The van der Waals surface area contributed by atoms with Crippen molar-refractivity contribution in [3.63, 3.8) is 0 Å². The summed E-state index contributed by atoms with van der Waals surface area (Å²) in [5, 5.41) is 7.16. The molecule has 53 heavy (non-hydrogen) atoms. The minimum absolute atomic E-state index is 0.0503. The van der Waals surface area contributed by atoms with Gasteiger partial charge in [-0.15, -0.1) is 0 Å². The molecular formula is C42H39N7O4. The van der Waals surface area contributed by atoms with E-state index in [0.29, 0.717) is 6.54 Å². The van der Waals surface area contributed by atoms with E-state index in [1.165, 1.54) is 0 Å². The van der Waals surface area contributed by atoms with Crippen molar-refractivity contribution >= 4 is 39.7 Å². The smallest absolute Gasteiger partial charge is 0.328 e. The molecule has 0 saturated carbocycles. The number of fused-ring (bicyclic) bond motifs is 2. The summed E-state index contributed by atoms with van der Waals surface area (Å²) < 4.78 is 3.42. The van der Waals surface area contributed by atoms with Gasteiger partial charge in [0, 0.05) is 56.0 Å². The van der Waals surface area contributed by atoms with Crippen molar-refractivity contribution < 1.29 is 14.4 Å². The summed E-state index contributed by atoms with van der Waals surface area (Å²) in [6.45, 7) is 6.67. The molecule has 1 fully saturated rings. The number of nitrogens with zero attached hydrogens (tertiary/aromatic N) is 5. The summed E-state index contributed by atoms with van der Waals surface area (Å²) in [5.74, 6) is 5.66. The molecule has 3 aromatic heterocycles. The highest BCUT2D eigenvalue weighted by Gasteiger charge is 2.27. The second kappa shape index (κ2) is 14.2. The minimum atomic E-state index is -0.397. The van der Waals surface area contributed by atoms with Crippen LogP contribution in [0.2, 0.25) is 0 Å². The molecule has 0 radical (unpaired) electrons. The van der Waals surface area contributed by atoms with Gasteiger partial charge in [-0.25, -0.2) is 9.59 Å². The minimum Gasteiger partial charge on any atom is -0.340 e. The van der Waals surface area contributed by atoms with E-state index in [4.69, 9.17) is 4.98 Å². The van der Waals surface area contributed by atoms with Crippen molar-refractivity contribution in [1.29, 1.82) is 0 Å². The number of amides is 4. The molecule has 7 rings (SSSR count). The summed E-state index contributed by atoms with van der Waals surface area (Å²) in [6.07, 6.45) is 3.78. The molecule has 2 N–H and O–H groups in total. The SMILES string of the molecule is CC(C)c1cc(-c2cccc3cc(-c4ccc(C(=O)NCC#Cc5cccc(C(C)N6CCC(=O)NC6=O)c5)nc4)ncc23)cc2c1n(C)c(=O)n2C. The first-order chi connectivity index (χ1) is 25.5. The first-order valence-corrected chi connectivity index (χ1v) is 17.5. The Bertz CT molecular complexity index is 2560. The first kappa shape index (κ1) is 34.9. The number of imide groups is 1. The molecule has 11 nitrogen and oxygen atoms in total. The van der Waals surface area contributed by atoms with E-state index in [1.54, 1.807) is 26.3 Å². The van der Waals surface area contributed by atoms with Gasteiger partial charge in [0.25, 0.3) is 5.91 Å². The van der Waals surface area contributed by atoms with E-state index in [0.717, 1.165) is 60.9 Å². The molecule has 266 valence electrons. The predicted molar refractivity (Wildman–Crippen MR) is 205 cm³/mol. The topological polar surface area (TPSA) is 131 Å². The maximum absolute atomic E-state index is 12.9. The molecule has 1 saturated heterocycles. The fraction of sp³-hybridized carbons (Fsp3) is 0.238. The van der Waals surface area contributed by atoms with Crippen LogP contribution >= 0.6 is 0 Å². The lowest BCUT2D eigenvalue weighted by atomic mass is 9.93. The van der Waals surface area contributed by atoms with Crippen LogP contribution in [0.1, 0.15) is 66.3 Å². The van der Waals surface area contributed by atoms with E-state index in [-0.39, 0.29) is 48.1 Å². The number of hydrogen-bond donors (Lipinski definition) is 2. The van der Waals surface area contributed by atoms with E-state index in [9.17, 15) is 19.2 Å². The average molecular weight is 706 g/mol. The van der Waals surface area contributed by atoms with Crippen molar-refractivity contribution in [2.45, 2.75) is 39.2 Å². The van der Waals surface area contributed by atoms with Gasteiger partial charge in [-0.3, -0.25) is 34.0 Å². The number of nitrogens with one attached hydrogen (secondary N) is 2. The van der Waals surface area contributed by atoms with Crippen LogP contribution in [0.15, 0.2) is 90.0 Å². The van der Waals surface area contributed by atoms with Crippen LogP contribution in [-0.4, -0.2) is 54.9 Å². The Hall–Kier alpha value is -6.54. The number of carbonyl (C=O) groups excluding carboxylic acids is 3. The number of imidazole rings is 1. The lowest BCUT2D eigenvalue weighted by molar-refractivity contribution is -0.121. The van der Waals surface area contributed by atoms with Crippen LogP contribution in [0.4, 0.5) is 4.79 Å². The number of hydrogen-bond acceptors (Lipinski definition) is 6. The second-order valence-corrected chi connectivity index (χ2v) is 13.6. The summed E-state index contributed by atoms with van der Waals surface area (Å²) >= 11 is 0. The Labute approximate surface area is 306 Å². The summed E-state index contributed by atoms with van der Waals surface area (Å²) in [5.41, 5.74) is 8.38. The molecule has 4 heterocycles. The zero-order valence-electron chi connectivity index (χ0n) is 30.2. The molecule has 6 aromatic rings. The van der Waals surface area contributed by atoms with Crippen molar-refractivity contribution in [2.75, 3.05) is 13.1 Å². The normalized spacial score (nSPS) is 13.6. The fourth-order valence-electron chi connectivity index (χ4n) is 6.91. The zero-order valence-corrected chi connectivity index (χ0v) is 30.2. The Morgan fingerprint density at radius 1 is 0.906 bits per heavy atom. The van der Waals surface area contributed by atoms with Gasteiger partial charge in [0.15, 0.2) is 0 Å². The molecule has 0 bridgehead atoms. The molecule has 1 atom stereocenters. The number of rotatable bonds is 7. The quantitative estimate of drug-likeness (QED) is 0.194. The van der Waals surface area contributed by atoms with E-state index < -0.39 is 6.03 Å². The molecule has 3 aromatic carbocycles. The number of aryl methyl sites for hydroxylation is 2. The number of urea groups is 1. The highest BCUT2D eigenvalue weighted by atomic mass is 16.2. The van der Waals surface area contributed by atoms with Crippen molar-refractivity contribution in [3.8, 4) is 34.2 Å². The lowest BCUT2D eigenvalue weighted by Gasteiger charge is -2.32. The first-order valence-electron chi connectivity index (χ1n) is 17.5. The summed E-state index contributed by atoms with van der Waals surface area (Å²) in [4.78, 5) is 60.3. The van der Waals surface area contributed by atoms with E-state index in [1.807, 2.05) is 75.7 Å². The monoisotopic (exact) mass is 705 g/mol. The Kier molecular flexibility index (Phi) is 9.37. The van der Waals surface area contributed by atoms with Gasteiger partial charge in [-0.05, 0) is 82.9 Å². The van der Waals surface area contributed by atoms with Crippen LogP contribution < -0.4 is 16.3 Å². The lowest BCUT2D eigenvalue weighted by Crippen LogP contribution is -2.50. The number of aromatic nitrogens is 4. The molecule has 1 unspecified atom stereocenters. The second-order valence-electron chi connectivity index (χ2n) is 13.6. The van der Waals surface area contributed by atoms with E-state index in [2.05, 4.69) is 59.5 Å². The third-order valence-electron chi connectivity index (χ3n) is 9.87. The predicted octanol–water partition coefficient (Wildman–Crippen LogP) is 6.06. The highest BCUT2D eigenvalue weighted by molar-refractivity contribution is 6.00. The van der Waals surface area contributed by atoms with Crippen molar-refractivity contribution in [1.82, 2.24) is 34.6 Å². The number of pyridine rings is 2. The van der Waals surface area contributed by atoms with Gasteiger partial charge in [-0.1, -0.05) is 56.0 Å². The van der Waals surface area contributed by atoms with Crippen molar-refractivity contribution in [3.05, 3.63) is 118 Å². The maximum atomic E-state index is 12.9. The third-order valence-corrected chi connectivity index (χ3v) is 9.87. The standard InChI is InChI=1S/C42H39N7O4/c1-25(2)33-20-31(22-37-39(33)48(5)42(53)47(37)4)32-13-7-12-29-21-36(45-24-34(29)32)30-14-15-35(44-23-30)40(51)43-17-8-10-27-9-6-11-28(19-27)26(3)49-18-16-38(50)46-41(49)52/h6-7,9,11-15,19-26H,16-18H2,1-5H3,(H,43,51)(H,46,50,52).